The molecule has 0 bridgehead atoms. The summed E-state index contributed by atoms with van der Waals surface area (Å²) in [6.45, 7) is 0. The second kappa shape index (κ2) is 6.64. The highest BCUT2D eigenvalue weighted by Gasteiger charge is 2.26. The fourth-order valence-electron chi connectivity index (χ4n) is 1.47. The smallest absolute Gasteiger partial charge is 0.337 e. The van der Waals surface area contributed by atoms with E-state index < -0.39 is 18.2 Å². The summed E-state index contributed by atoms with van der Waals surface area (Å²) >= 11 is 0. The van der Waals surface area contributed by atoms with Gasteiger partial charge in [0.05, 0.1) is 19.6 Å². The molecule has 19 heavy (non-hydrogen) atoms. The highest BCUT2D eigenvalue weighted by atomic mass is 16.5. The molecular weight excluding hydrogens is 250 g/mol. The molecule has 6 heteroatoms. The molecule has 1 rings (SSSR count). The molecule has 2 atom stereocenters. The molecule has 0 radical (unpaired) electrons. The third-order valence-corrected chi connectivity index (χ3v) is 2.56. The van der Waals surface area contributed by atoms with Crippen molar-refractivity contribution in [2.75, 3.05) is 7.11 Å². The van der Waals surface area contributed by atoms with Crippen LogP contribution in [0, 0.1) is 11.3 Å². The van der Waals surface area contributed by atoms with Crippen LogP contribution in [0.3, 0.4) is 0 Å². The van der Waals surface area contributed by atoms with E-state index in [1.54, 1.807) is 6.07 Å². The number of ketones is 1. The van der Waals surface area contributed by atoms with Crippen LogP contribution in [-0.2, 0) is 9.53 Å². The van der Waals surface area contributed by atoms with Crippen molar-refractivity contribution in [3.05, 3.63) is 35.4 Å². The van der Waals surface area contributed by atoms with Crippen molar-refractivity contribution in [1.29, 1.82) is 5.26 Å². The average Bonchev–Trinajstić information content (AvgIpc) is 2.45. The van der Waals surface area contributed by atoms with Crippen LogP contribution in [0.5, 0.6) is 0 Å². The highest BCUT2D eigenvalue weighted by Crippen LogP contribution is 2.18. The Kier molecular flexibility index (Phi) is 5.18. The number of aliphatic hydroxyl groups is 2. The Morgan fingerprint density at radius 3 is 2.37 bits per heavy atom. The van der Waals surface area contributed by atoms with Crippen molar-refractivity contribution in [1.82, 2.24) is 0 Å². The van der Waals surface area contributed by atoms with Gasteiger partial charge in [-0.2, -0.15) is 5.26 Å². The maximum atomic E-state index is 11.4. The molecule has 0 aliphatic heterocycles. The lowest BCUT2D eigenvalue weighted by molar-refractivity contribution is -0.156. The number of carbonyl (C=O) groups excluding carboxylic acids is 2. The lowest BCUT2D eigenvalue weighted by atomic mass is 10.0. The van der Waals surface area contributed by atoms with Gasteiger partial charge < -0.3 is 14.9 Å². The number of rotatable bonds is 5. The normalized spacial score (nSPS) is 13.2. The minimum atomic E-state index is -1.69. The van der Waals surface area contributed by atoms with Crippen molar-refractivity contribution >= 4 is 11.8 Å². The average molecular weight is 263 g/mol. The Labute approximate surface area is 109 Å². The van der Waals surface area contributed by atoms with Crippen LogP contribution in [0.1, 0.15) is 28.4 Å². The summed E-state index contributed by atoms with van der Waals surface area (Å²) in [5.74, 6) is -1.28. The second-order valence-electron chi connectivity index (χ2n) is 3.79. The van der Waals surface area contributed by atoms with E-state index in [2.05, 4.69) is 4.74 Å². The SMILES string of the molecule is COC(=O)C(O)C(O)c1ccc(C(=O)CC#N)cc1. The molecule has 2 N–H and O–H groups in total. The number of hydrogen-bond acceptors (Lipinski definition) is 6. The van der Waals surface area contributed by atoms with Gasteiger partial charge in [0, 0.05) is 5.56 Å². The van der Waals surface area contributed by atoms with E-state index in [-0.39, 0.29) is 17.8 Å². The van der Waals surface area contributed by atoms with Crippen molar-refractivity contribution in [2.24, 2.45) is 0 Å². The van der Waals surface area contributed by atoms with Crippen molar-refractivity contribution in [2.45, 2.75) is 18.6 Å². The molecule has 100 valence electrons. The van der Waals surface area contributed by atoms with Gasteiger partial charge in [-0.1, -0.05) is 24.3 Å². The number of carbonyl (C=O) groups is 2. The van der Waals surface area contributed by atoms with E-state index in [0.29, 0.717) is 5.56 Å². The number of nitrogens with zero attached hydrogens (tertiary/aromatic N) is 1. The number of benzene rings is 1. The van der Waals surface area contributed by atoms with Gasteiger partial charge in [0.25, 0.3) is 0 Å². The quantitative estimate of drug-likeness (QED) is 0.586. The Balaban J connectivity index is 2.84. The first-order valence-electron chi connectivity index (χ1n) is 5.45. The predicted octanol–water partition coefficient (Wildman–Crippen LogP) is 0.350. The first-order valence-corrected chi connectivity index (χ1v) is 5.45. The Morgan fingerprint density at radius 2 is 1.89 bits per heavy atom. The van der Waals surface area contributed by atoms with Crippen LogP contribution in [0.15, 0.2) is 24.3 Å². The zero-order valence-electron chi connectivity index (χ0n) is 10.2. The fraction of sp³-hybridized carbons (Fsp3) is 0.308. The molecule has 0 fully saturated rings. The van der Waals surface area contributed by atoms with Gasteiger partial charge in [-0.25, -0.2) is 4.79 Å². The van der Waals surface area contributed by atoms with Crippen LogP contribution in [-0.4, -0.2) is 35.2 Å². The summed E-state index contributed by atoms with van der Waals surface area (Å²) in [6, 6.07) is 7.39. The lowest BCUT2D eigenvalue weighted by Gasteiger charge is -2.16. The molecule has 0 saturated heterocycles. The zero-order chi connectivity index (χ0) is 14.4. The predicted molar refractivity (Wildman–Crippen MR) is 64.0 cm³/mol. The van der Waals surface area contributed by atoms with Gasteiger partial charge in [-0.3, -0.25) is 4.79 Å². The van der Waals surface area contributed by atoms with Gasteiger partial charge in [0.15, 0.2) is 11.9 Å². The number of nitriles is 1. The van der Waals surface area contributed by atoms with Crippen molar-refractivity contribution < 1.29 is 24.5 Å². The Morgan fingerprint density at radius 1 is 1.32 bits per heavy atom. The Hall–Kier alpha value is -2.23. The molecule has 0 saturated carbocycles. The van der Waals surface area contributed by atoms with Gasteiger partial charge in [-0.05, 0) is 5.56 Å². The Bertz CT molecular complexity index is 503. The van der Waals surface area contributed by atoms with Gasteiger partial charge in [-0.15, -0.1) is 0 Å². The highest BCUT2D eigenvalue weighted by molar-refractivity contribution is 5.97. The number of esters is 1. The summed E-state index contributed by atoms with van der Waals surface area (Å²) < 4.78 is 4.31. The lowest BCUT2D eigenvalue weighted by Crippen LogP contribution is -2.29. The number of aliphatic hydroxyl groups excluding tert-OH is 2. The largest absolute Gasteiger partial charge is 0.467 e. The molecule has 1 aromatic carbocycles. The summed E-state index contributed by atoms with van der Waals surface area (Å²) in [4.78, 5) is 22.5. The third kappa shape index (κ3) is 3.61. The second-order valence-corrected chi connectivity index (χ2v) is 3.79. The molecular formula is C13H13NO5. The van der Waals surface area contributed by atoms with Crippen LogP contribution in [0.2, 0.25) is 0 Å². The summed E-state index contributed by atoms with van der Waals surface area (Å²) in [6.07, 6.45) is -3.36. The number of hydrogen-bond donors (Lipinski definition) is 2. The van der Waals surface area contributed by atoms with Crippen LogP contribution < -0.4 is 0 Å². The molecule has 0 aliphatic rings. The minimum Gasteiger partial charge on any atom is -0.467 e. The number of ether oxygens (including phenoxy) is 1. The van der Waals surface area contributed by atoms with Crippen LogP contribution >= 0.6 is 0 Å². The van der Waals surface area contributed by atoms with Gasteiger partial charge >= 0.3 is 5.97 Å². The minimum absolute atomic E-state index is 0.229. The van der Waals surface area contributed by atoms with Crippen molar-refractivity contribution in [3.8, 4) is 6.07 Å². The van der Waals surface area contributed by atoms with Crippen LogP contribution in [0.4, 0.5) is 0 Å². The number of methoxy groups -OCH3 is 1. The summed E-state index contributed by atoms with van der Waals surface area (Å²) in [5, 5.41) is 27.6. The molecule has 0 amide bonds. The topological polar surface area (TPSA) is 108 Å². The van der Waals surface area contributed by atoms with E-state index in [1.165, 1.54) is 24.3 Å². The zero-order valence-corrected chi connectivity index (χ0v) is 10.2. The fourth-order valence-corrected chi connectivity index (χ4v) is 1.47. The number of Topliss-reactive ketones (excluding diaryl/α,β-unsaturated/α-hetero) is 1. The van der Waals surface area contributed by atoms with Crippen LogP contribution in [0.25, 0.3) is 0 Å². The maximum absolute atomic E-state index is 11.4. The van der Waals surface area contributed by atoms with Gasteiger partial charge in [0.2, 0.25) is 0 Å². The molecule has 6 nitrogen and oxygen atoms in total. The molecule has 0 heterocycles. The molecule has 2 unspecified atom stereocenters. The molecule has 0 aliphatic carbocycles. The monoisotopic (exact) mass is 263 g/mol. The standard InChI is InChI=1S/C13H13NO5/c1-19-13(18)12(17)11(16)9-4-2-8(3-5-9)10(15)6-7-14/h2-5,11-12,16-17H,6H2,1H3. The third-order valence-electron chi connectivity index (χ3n) is 2.56. The molecule has 1 aromatic rings. The summed E-state index contributed by atoms with van der Waals surface area (Å²) in [5.41, 5.74) is 0.594. The first kappa shape index (κ1) is 14.8. The first-order chi connectivity index (χ1) is 9.01. The summed E-state index contributed by atoms with van der Waals surface area (Å²) in [7, 11) is 1.10. The molecule has 0 spiro atoms. The molecule has 0 aromatic heterocycles. The van der Waals surface area contributed by atoms with Crippen molar-refractivity contribution in [3.63, 3.8) is 0 Å². The van der Waals surface area contributed by atoms with E-state index in [9.17, 15) is 19.8 Å². The van der Waals surface area contributed by atoms with E-state index >= 15 is 0 Å². The maximum Gasteiger partial charge on any atom is 0.337 e. The van der Waals surface area contributed by atoms with E-state index in [0.717, 1.165) is 7.11 Å². The van der Waals surface area contributed by atoms with E-state index in [1.807, 2.05) is 0 Å². The van der Waals surface area contributed by atoms with Gasteiger partial charge in [0.1, 0.15) is 6.10 Å². The van der Waals surface area contributed by atoms with E-state index in [4.69, 9.17) is 5.26 Å².